The van der Waals surface area contributed by atoms with Crippen LogP contribution in [0.3, 0.4) is 0 Å². The zero-order valence-electron chi connectivity index (χ0n) is 12.7. The molecule has 0 atom stereocenters. The fourth-order valence-corrected chi connectivity index (χ4v) is 2.03. The number of hydrogen-bond acceptors (Lipinski definition) is 3. The molecule has 3 N–H and O–H groups in total. The maximum absolute atomic E-state index is 11.8. The smallest absolute Gasteiger partial charge is 0.335 e. The Labute approximate surface area is 134 Å². The third-order valence-corrected chi connectivity index (χ3v) is 3.29. The minimum absolute atomic E-state index is 0.217. The van der Waals surface area contributed by atoms with Crippen molar-refractivity contribution in [2.24, 2.45) is 0 Å². The predicted molar refractivity (Wildman–Crippen MR) is 85.5 cm³/mol. The number of benzene rings is 2. The molecule has 0 heterocycles. The van der Waals surface area contributed by atoms with E-state index in [9.17, 15) is 9.59 Å². The van der Waals surface area contributed by atoms with E-state index in [0.717, 1.165) is 16.9 Å². The summed E-state index contributed by atoms with van der Waals surface area (Å²) in [5, 5.41) is 14.3. The SMILES string of the molecule is COc1ccccc1CNC(=O)NCc1ccc(C(=O)O)cc1. The molecule has 0 aliphatic carbocycles. The first-order valence-corrected chi connectivity index (χ1v) is 7.06. The second-order valence-electron chi connectivity index (χ2n) is 4.85. The maximum Gasteiger partial charge on any atom is 0.335 e. The first-order chi connectivity index (χ1) is 11.1. The Kier molecular flexibility index (Phi) is 5.57. The minimum atomic E-state index is -0.973. The van der Waals surface area contributed by atoms with E-state index in [2.05, 4.69) is 10.6 Å². The van der Waals surface area contributed by atoms with Gasteiger partial charge in [-0.25, -0.2) is 9.59 Å². The van der Waals surface area contributed by atoms with Gasteiger partial charge >= 0.3 is 12.0 Å². The highest BCUT2D eigenvalue weighted by Gasteiger charge is 2.05. The van der Waals surface area contributed by atoms with Gasteiger partial charge < -0.3 is 20.5 Å². The molecule has 0 aromatic heterocycles. The summed E-state index contributed by atoms with van der Waals surface area (Å²) in [6.45, 7) is 0.672. The van der Waals surface area contributed by atoms with E-state index < -0.39 is 5.97 Å². The number of ether oxygens (including phenoxy) is 1. The van der Waals surface area contributed by atoms with Crippen molar-refractivity contribution in [1.82, 2.24) is 10.6 Å². The van der Waals surface area contributed by atoms with E-state index in [4.69, 9.17) is 9.84 Å². The molecular formula is C17H18N2O4. The molecule has 0 spiro atoms. The van der Waals surface area contributed by atoms with Crippen molar-refractivity contribution in [2.45, 2.75) is 13.1 Å². The third kappa shape index (κ3) is 4.74. The molecule has 6 heteroatoms. The second kappa shape index (κ2) is 7.84. The molecule has 2 aromatic rings. The van der Waals surface area contributed by atoms with Crippen LogP contribution in [-0.4, -0.2) is 24.2 Å². The van der Waals surface area contributed by atoms with Crippen molar-refractivity contribution >= 4 is 12.0 Å². The Bertz CT molecular complexity index is 683. The minimum Gasteiger partial charge on any atom is -0.496 e. The van der Waals surface area contributed by atoms with Crippen LogP contribution in [0.2, 0.25) is 0 Å². The van der Waals surface area contributed by atoms with Crippen LogP contribution in [0.15, 0.2) is 48.5 Å². The van der Waals surface area contributed by atoms with Gasteiger partial charge in [-0.3, -0.25) is 0 Å². The van der Waals surface area contributed by atoms with E-state index >= 15 is 0 Å². The van der Waals surface area contributed by atoms with Crippen LogP contribution < -0.4 is 15.4 Å². The van der Waals surface area contributed by atoms with Gasteiger partial charge in [0.2, 0.25) is 0 Å². The van der Waals surface area contributed by atoms with E-state index in [0.29, 0.717) is 13.1 Å². The molecule has 0 bridgehead atoms. The third-order valence-electron chi connectivity index (χ3n) is 3.29. The summed E-state index contributed by atoms with van der Waals surface area (Å²) in [5.41, 5.74) is 1.92. The highest BCUT2D eigenvalue weighted by molar-refractivity contribution is 5.87. The normalized spacial score (nSPS) is 9.96. The molecule has 0 aliphatic rings. The summed E-state index contributed by atoms with van der Waals surface area (Å²) in [5.74, 6) is -0.254. The fourth-order valence-electron chi connectivity index (χ4n) is 2.03. The van der Waals surface area contributed by atoms with E-state index in [1.807, 2.05) is 24.3 Å². The van der Waals surface area contributed by atoms with E-state index in [1.165, 1.54) is 12.1 Å². The first kappa shape index (κ1) is 16.4. The zero-order chi connectivity index (χ0) is 16.7. The molecule has 0 aliphatic heterocycles. The summed E-state index contributed by atoms with van der Waals surface area (Å²) in [6, 6.07) is 13.5. The summed E-state index contributed by atoms with van der Waals surface area (Å²) >= 11 is 0. The van der Waals surface area contributed by atoms with Crippen molar-refractivity contribution in [3.8, 4) is 5.75 Å². The van der Waals surface area contributed by atoms with Crippen LogP contribution in [0.5, 0.6) is 5.75 Å². The summed E-state index contributed by atoms with van der Waals surface area (Å²) < 4.78 is 5.22. The lowest BCUT2D eigenvalue weighted by Crippen LogP contribution is -2.34. The Hall–Kier alpha value is -3.02. The molecule has 0 fully saturated rings. The number of amides is 2. The monoisotopic (exact) mass is 314 g/mol. The highest BCUT2D eigenvalue weighted by Crippen LogP contribution is 2.16. The first-order valence-electron chi connectivity index (χ1n) is 7.06. The van der Waals surface area contributed by atoms with Crippen molar-refractivity contribution < 1.29 is 19.4 Å². The van der Waals surface area contributed by atoms with Crippen molar-refractivity contribution in [3.05, 3.63) is 65.2 Å². The lowest BCUT2D eigenvalue weighted by Gasteiger charge is -2.10. The van der Waals surface area contributed by atoms with Gasteiger partial charge in [0, 0.05) is 18.7 Å². The van der Waals surface area contributed by atoms with Crippen LogP contribution in [0, 0.1) is 0 Å². The van der Waals surface area contributed by atoms with Gasteiger partial charge in [-0.05, 0) is 23.8 Å². The zero-order valence-corrected chi connectivity index (χ0v) is 12.7. The number of methoxy groups -OCH3 is 1. The average molecular weight is 314 g/mol. The number of hydrogen-bond donors (Lipinski definition) is 3. The van der Waals surface area contributed by atoms with Gasteiger partial charge in [0.1, 0.15) is 5.75 Å². The van der Waals surface area contributed by atoms with Crippen molar-refractivity contribution in [2.75, 3.05) is 7.11 Å². The van der Waals surface area contributed by atoms with E-state index in [1.54, 1.807) is 19.2 Å². The molecular weight excluding hydrogens is 296 g/mol. The van der Waals surface area contributed by atoms with E-state index in [-0.39, 0.29) is 11.6 Å². The molecule has 23 heavy (non-hydrogen) atoms. The Balaban J connectivity index is 1.82. The number of carbonyl (C=O) groups excluding carboxylic acids is 1. The molecule has 6 nitrogen and oxygen atoms in total. The van der Waals surface area contributed by atoms with Crippen LogP contribution in [0.25, 0.3) is 0 Å². The Morgan fingerprint density at radius 2 is 1.65 bits per heavy atom. The topological polar surface area (TPSA) is 87.7 Å². The number of nitrogens with one attached hydrogen (secondary N) is 2. The number of carboxylic acid groups (broad SMARTS) is 1. The van der Waals surface area contributed by atoms with Crippen molar-refractivity contribution in [1.29, 1.82) is 0 Å². The molecule has 120 valence electrons. The summed E-state index contributed by atoms with van der Waals surface area (Å²) in [6.07, 6.45) is 0. The number of rotatable bonds is 6. The quantitative estimate of drug-likeness (QED) is 0.764. The number of para-hydroxylation sites is 1. The summed E-state index contributed by atoms with van der Waals surface area (Å²) in [7, 11) is 1.58. The Morgan fingerprint density at radius 3 is 2.30 bits per heavy atom. The lowest BCUT2D eigenvalue weighted by atomic mass is 10.1. The van der Waals surface area contributed by atoms with Crippen LogP contribution in [-0.2, 0) is 13.1 Å². The van der Waals surface area contributed by atoms with Gasteiger partial charge in [0.15, 0.2) is 0 Å². The fraction of sp³-hybridized carbons (Fsp3) is 0.176. The number of carboxylic acids is 1. The average Bonchev–Trinajstić information content (AvgIpc) is 2.58. The molecule has 0 unspecified atom stereocenters. The number of carbonyl (C=O) groups is 2. The molecule has 2 amide bonds. The molecule has 0 saturated heterocycles. The Morgan fingerprint density at radius 1 is 1.00 bits per heavy atom. The van der Waals surface area contributed by atoms with Gasteiger partial charge in [0.25, 0.3) is 0 Å². The molecule has 2 rings (SSSR count). The maximum atomic E-state index is 11.8. The van der Waals surface area contributed by atoms with Gasteiger partial charge in [-0.15, -0.1) is 0 Å². The summed E-state index contributed by atoms with van der Waals surface area (Å²) in [4.78, 5) is 22.6. The molecule has 0 saturated carbocycles. The van der Waals surface area contributed by atoms with Gasteiger partial charge in [0.05, 0.1) is 12.7 Å². The largest absolute Gasteiger partial charge is 0.496 e. The van der Waals surface area contributed by atoms with Crippen LogP contribution in [0.4, 0.5) is 4.79 Å². The van der Waals surface area contributed by atoms with Gasteiger partial charge in [-0.2, -0.15) is 0 Å². The highest BCUT2D eigenvalue weighted by atomic mass is 16.5. The number of urea groups is 1. The van der Waals surface area contributed by atoms with Gasteiger partial charge in [-0.1, -0.05) is 30.3 Å². The number of aromatic carboxylic acids is 1. The van der Waals surface area contributed by atoms with Crippen LogP contribution >= 0.6 is 0 Å². The molecule has 0 radical (unpaired) electrons. The van der Waals surface area contributed by atoms with Crippen molar-refractivity contribution in [3.63, 3.8) is 0 Å². The molecule has 2 aromatic carbocycles. The van der Waals surface area contributed by atoms with Crippen LogP contribution in [0.1, 0.15) is 21.5 Å². The lowest BCUT2D eigenvalue weighted by molar-refractivity contribution is 0.0697. The standard InChI is InChI=1S/C17H18N2O4/c1-23-15-5-3-2-4-14(15)11-19-17(22)18-10-12-6-8-13(9-7-12)16(20)21/h2-9H,10-11H2,1H3,(H,20,21)(H2,18,19,22). The second-order valence-corrected chi connectivity index (χ2v) is 4.85. The predicted octanol–water partition coefficient (Wildman–Crippen LogP) is 2.39.